The number of carbonyl (C=O) groups is 1. The minimum absolute atomic E-state index is 0.211. The highest BCUT2D eigenvalue weighted by Gasteiger charge is 2.40. The van der Waals surface area contributed by atoms with Crippen molar-refractivity contribution in [2.24, 2.45) is 5.41 Å². The van der Waals surface area contributed by atoms with Crippen LogP contribution in [0.4, 0.5) is 0 Å². The molecule has 2 rings (SSSR count). The van der Waals surface area contributed by atoms with Crippen molar-refractivity contribution in [1.82, 2.24) is 10.6 Å². The van der Waals surface area contributed by atoms with Gasteiger partial charge in [-0.25, -0.2) is 0 Å². The molecule has 0 heterocycles. The van der Waals surface area contributed by atoms with E-state index in [4.69, 9.17) is 0 Å². The fraction of sp³-hybridized carbons (Fsp3) is 0.917. The molecule has 0 aromatic rings. The van der Waals surface area contributed by atoms with E-state index in [0.717, 1.165) is 13.1 Å². The van der Waals surface area contributed by atoms with Gasteiger partial charge in [0.05, 0.1) is 0 Å². The third kappa shape index (κ3) is 3.49. The molecular weight excluding hydrogens is 188 g/mol. The van der Waals surface area contributed by atoms with Crippen LogP contribution in [0.3, 0.4) is 0 Å². The van der Waals surface area contributed by atoms with Crippen LogP contribution in [0.25, 0.3) is 0 Å². The second-order valence-corrected chi connectivity index (χ2v) is 5.11. The molecule has 0 aromatic carbocycles. The summed E-state index contributed by atoms with van der Waals surface area (Å²) in [4.78, 5) is 11.5. The Morgan fingerprint density at radius 2 is 2.13 bits per heavy atom. The molecule has 1 amide bonds. The van der Waals surface area contributed by atoms with Crippen molar-refractivity contribution >= 4 is 5.91 Å². The Morgan fingerprint density at radius 3 is 2.67 bits per heavy atom. The van der Waals surface area contributed by atoms with E-state index in [1.54, 1.807) is 0 Å². The van der Waals surface area contributed by atoms with Crippen molar-refractivity contribution < 1.29 is 4.79 Å². The number of hydrogen-bond donors (Lipinski definition) is 2. The van der Waals surface area contributed by atoms with Crippen LogP contribution >= 0.6 is 0 Å². The van der Waals surface area contributed by atoms with Crippen LogP contribution in [-0.2, 0) is 4.79 Å². The SMILES string of the molecule is CCC1(CNC(=O)CCNC2CC2)CC1. The highest BCUT2D eigenvalue weighted by Crippen LogP contribution is 2.47. The molecule has 0 bridgehead atoms. The highest BCUT2D eigenvalue weighted by molar-refractivity contribution is 5.76. The predicted octanol–water partition coefficient (Wildman–Crippen LogP) is 1.43. The predicted molar refractivity (Wildman–Crippen MR) is 60.6 cm³/mol. The molecule has 3 nitrogen and oxygen atoms in total. The van der Waals surface area contributed by atoms with Gasteiger partial charge in [0.2, 0.25) is 5.91 Å². The Hall–Kier alpha value is -0.570. The first-order valence-corrected chi connectivity index (χ1v) is 6.24. The molecule has 0 aliphatic heterocycles. The van der Waals surface area contributed by atoms with Gasteiger partial charge >= 0.3 is 0 Å². The Labute approximate surface area is 92.0 Å². The smallest absolute Gasteiger partial charge is 0.221 e. The largest absolute Gasteiger partial charge is 0.356 e. The minimum atomic E-state index is 0.211. The van der Waals surface area contributed by atoms with Gasteiger partial charge in [-0.3, -0.25) is 4.79 Å². The van der Waals surface area contributed by atoms with Crippen molar-refractivity contribution in [3.8, 4) is 0 Å². The van der Waals surface area contributed by atoms with Crippen molar-refractivity contribution in [3.63, 3.8) is 0 Å². The van der Waals surface area contributed by atoms with Crippen LogP contribution in [0.1, 0.15) is 45.4 Å². The van der Waals surface area contributed by atoms with Crippen LogP contribution in [0.2, 0.25) is 0 Å². The van der Waals surface area contributed by atoms with Crippen LogP contribution in [0, 0.1) is 5.41 Å². The second kappa shape index (κ2) is 4.52. The average Bonchev–Trinajstić information content (AvgIpc) is 3.11. The number of carbonyl (C=O) groups excluding carboxylic acids is 1. The number of amides is 1. The maximum absolute atomic E-state index is 11.5. The maximum atomic E-state index is 11.5. The number of nitrogens with one attached hydrogen (secondary N) is 2. The molecular formula is C12H22N2O. The van der Waals surface area contributed by atoms with Crippen molar-refractivity contribution in [2.75, 3.05) is 13.1 Å². The van der Waals surface area contributed by atoms with Crippen LogP contribution in [0.5, 0.6) is 0 Å². The van der Waals surface area contributed by atoms with Gasteiger partial charge in [0.15, 0.2) is 0 Å². The van der Waals surface area contributed by atoms with Gasteiger partial charge in [0, 0.05) is 25.6 Å². The number of rotatable bonds is 7. The fourth-order valence-corrected chi connectivity index (χ4v) is 1.88. The molecule has 0 aromatic heterocycles. The molecule has 2 fully saturated rings. The molecule has 0 atom stereocenters. The summed E-state index contributed by atoms with van der Waals surface area (Å²) in [6, 6.07) is 0.711. The Bertz CT molecular complexity index is 232. The summed E-state index contributed by atoms with van der Waals surface area (Å²) < 4.78 is 0. The summed E-state index contributed by atoms with van der Waals surface area (Å²) in [7, 11) is 0. The summed E-state index contributed by atoms with van der Waals surface area (Å²) in [5.74, 6) is 0.211. The zero-order chi connectivity index (χ0) is 10.7. The summed E-state index contributed by atoms with van der Waals surface area (Å²) in [5, 5.41) is 6.40. The minimum Gasteiger partial charge on any atom is -0.356 e. The van der Waals surface area contributed by atoms with Crippen LogP contribution in [0.15, 0.2) is 0 Å². The first kappa shape index (κ1) is 10.9. The Balaban J connectivity index is 1.52. The molecule has 0 saturated heterocycles. The Kier molecular flexibility index (Phi) is 3.29. The lowest BCUT2D eigenvalue weighted by Gasteiger charge is -2.13. The molecule has 2 aliphatic carbocycles. The highest BCUT2D eigenvalue weighted by atomic mass is 16.1. The second-order valence-electron chi connectivity index (χ2n) is 5.11. The van der Waals surface area contributed by atoms with E-state index in [9.17, 15) is 4.79 Å². The van der Waals surface area contributed by atoms with E-state index in [2.05, 4.69) is 17.6 Å². The third-order valence-electron chi connectivity index (χ3n) is 3.73. The van der Waals surface area contributed by atoms with E-state index in [1.165, 1.54) is 32.1 Å². The first-order chi connectivity index (χ1) is 7.24. The van der Waals surface area contributed by atoms with Crippen molar-refractivity contribution in [3.05, 3.63) is 0 Å². The Morgan fingerprint density at radius 1 is 1.40 bits per heavy atom. The van der Waals surface area contributed by atoms with Gasteiger partial charge in [0.1, 0.15) is 0 Å². The zero-order valence-electron chi connectivity index (χ0n) is 9.64. The lowest BCUT2D eigenvalue weighted by Crippen LogP contribution is -2.32. The lowest BCUT2D eigenvalue weighted by molar-refractivity contribution is -0.121. The molecule has 15 heavy (non-hydrogen) atoms. The summed E-state index contributed by atoms with van der Waals surface area (Å²) in [6.45, 7) is 3.95. The topological polar surface area (TPSA) is 41.1 Å². The van der Waals surface area contributed by atoms with E-state index < -0.39 is 0 Å². The molecule has 0 unspecified atom stereocenters. The molecule has 86 valence electrons. The lowest BCUT2D eigenvalue weighted by atomic mass is 10.0. The zero-order valence-corrected chi connectivity index (χ0v) is 9.64. The van der Waals surface area contributed by atoms with Gasteiger partial charge in [-0.2, -0.15) is 0 Å². The van der Waals surface area contributed by atoms with Crippen molar-refractivity contribution in [1.29, 1.82) is 0 Å². The standard InChI is InChI=1S/C12H22N2O/c1-2-12(6-7-12)9-14-11(15)5-8-13-10-3-4-10/h10,13H,2-9H2,1H3,(H,14,15). The summed E-state index contributed by atoms with van der Waals surface area (Å²) in [6.07, 6.45) is 7.01. The van der Waals surface area contributed by atoms with E-state index in [-0.39, 0.29) is 5.91 Å². The molecule has 2 N–H and O–H groups in total. The quantitative estimate of drug-likeness (QED) is 0.667. The van der Waals surface area contributed by atoms with Gasteiger partial charge in [0.25, 0.3) is 0 Å². The van der Waals surface area contributed by atoms with Crippen LogP contribution in [-0.4, -0.2) is 25.0 Å². The first-order valence-electron chi connectivity index (χ1n) is 6.24. The van der Waals surface area contributed by atoms with Crippen molar-refractivity contribution in [2.45, 2.75) is 51.5 Å². The average molecular weight is 210 g/mol. The summed E-state index contributed by atoms with van der Waals surface area (Å²) >= 11 is 0. The molecule has 3 heteroatoms. The monoisotopic (exact) mass is 210 g/mol. The molecule has 2 aliphatic rings. The molecule has 0 spiro atoms. The van der Waals surface area contributed by atoms with E-state index in [1.807, 2.05) is 0 Å². The van der Waals surface area contributed by atoms with E-state index in [0.29, 0.717) is 17.9 Å². The normalized spacial score (nSPS) is 22.5. The van der Waals surface area contributed by atoms with Crippen LogP contribution < -0.4 is 10.6 Å². The number of hydrogen-bond acceptors (Lipinski definition) is 2. The molecule has 0 radical (unpaired) electrons. The van der Waals surface area contributed by atoms with E-state index >= 15 is 0 Å². The summed E-state index contributed by atoms with van der Waals surface area (Å²) in [5.41, 5.74) is 0.472. The van der Waals surface area contributed by atoms with Gasteiger partial charge in [-0.15, -0.1) is 0 Å². The van der Waals surface area contributed by atoms with Gasteiger partial charge in [-0.1, -0.05) is 6.92 Å². The molecule has 2 saturated carbocycles. The van der Waals surface area contributed by atoms with Gasteiger partial charge in [-0.05, 0) is 37.5 Å². The maximum Gasteiger partial charge on any atom is 0.221 e. The third-order valence-corrected chi connectivity index (χ3v) is 3.73. The van der Waals surface area contributed by atoms with Gasteiger partial charge < -0.3 is 10.6 Å². The fourth-order valence-electron chi connectivity index (χ4n) is 1.88.